The summed E-state index contributed by atoms with van der Waals surface area (Å²) < 4.78 is 12.8. The lowest BCUT2D eigenvalue weighted by Crippen LogP contribution is -2.30. The third-order valence-electron chi connectivity index (χ3n) is 3.30. The first kappa shape index (κ1) is 16.6. The molecular weight excluding hydrogens is 259 g/mol. The summed E-state index contributed by atoms with van der Waals surface area (Å²) in [5, 5.41) is 7.42. The van der Waals surface area contributed by atoms with Gasteiger partial charge in [0.1, 0.15) is 5.82 Å². The van der Waals surface area contributed by atoms with E-state index in [1.165, 1.54) is 30.5 Å². The van der Waals surface area contributed by atoms with Gasteiger partial charge in [-0.3, -0.25) is 9.69 Å². The van der Waals surface area contributed by atoms with Crippen LogP contribution in [0.5, 0.6) is 0 Å². The number of likely N-dealkylation sites (tertiary alicyclic amines) is 1. The lowest BCUT2D eigenvalue weighted by molar-refractivity contribution is -0.134. The van der Waals surface area contributed by atoms with Crippen molar-refractivity contribution in [2.45, 2.75) is 38.8 Å². The van der Waals surface area contributed by atoms with Crippen LogP contribution >= 0.6 is 0 Å². The van der Waals surface area contributed by atoms with Gasteiger partial charge in [0.05, 0.1) is 0 Å². The van der Waals surface area contributed by atoms with Crippen molar-refractivity contribution in [1.29, 1.82) is 0 Å². The predicted molar refractivity (Wildman–Crippen MR) is 76.8 cm³/mol. The highest BCUT2D eigenvalue weighted by Gasteiger charge is 2.23. The first-order valence-electron chi connectivity index (χ1n) is 6.91. The van der Waals surface area contributed by atoms with Gasteiger partial charge in [-0.2, -0.15) is 0 Å². The van der Waals surface area contributed by atoms with Crippen molar-refractivity contribution in [2.24, 2.45) is 5.73 Å². The van der Waals surface area contributed by atoms with Gasteiger partial charge < -0.3 is 10.8 Å². The fraction of sp³-hybridized carbons (Fsp3) is 0.533. The monoisotopic (exact) mass is 282 g/mol. The van der Waals surface area contributed by atoms with Crippen LogP contribution in [0, 0.1) is 5.82 Å². The van der Waals surface area contributed by atoms with Crippen molar-refractivity contribution in [3.05, 3.63) is 35.6 Å². The lowest BCUT2D eigenvalue weighted by atomic mass is 10.1. The molecule has 3 N–H and O–H groups in total. The number of rotatable bonds is 4. The Balaban J connectivity index is 0.000000444. The maximum Gasteiger partial charge on any atom is 0.300 e. The molecule has 0 aromatic heterocycles. The topological polar surface area (TPSA) is 66.6 Å². The van der Waals surface area contributed by atoms with E-state index in [-0.39, 0.29) is 5.82 Å². The zero-order valence-electron chi connectivity index (χ0n) is 11.9. The van der Waals surface area contributed by atoms with Crippen LogP contribution in [0.15, 0.2) is 24.3 Å². The highest BCUT2D eigenvalue weighted by Crippen LogP contribution is 2.22. The predicted octanol–water partition coefficient (Wildman–Crippen LogP) is 2.23. The number of carbonyl (C=O) groups is 1. The summed E-state index contributed by atoms with van der Waals surface area (Å²) in [6.45, 7) is 3.90. The quantitative estimate of drug-likeness (QED) is 0.888. The number of aliphatic carboxylic acids is 1. The maximum absolute atomic E-state index is 12.8. The molecule has 0 unspecified atom stereocenters. The van der Waals surface area contributed by atoms with Crippen LogP contribution in [0.1, 0.15) is 31.7 Å². The fourth-order valence-electron chi connectivity index (χ4n) is 2.45. The zero-order chi connectivity index (χ0) is 15.0. The summed E-state index contributed by atoms with van der Waals surface area (Å²) in [6.07, 6.45) is 3.57. The smallest absolute Gasteiger partial charge is 0.300 e. The Morgan fingerprint density at radius 2 is 2.05 bits per heavy atom. The van der Waals surface area contributed by atoms with Crippen molar-refractivity contribution in [3.63, 3.8) is 0 Å². The van der Waals surface area contributed by atoms with Crippen molar-refractivity contribution in [3.8, 4) is 0 Å². The molecule has 112 valence electrons. The number of nitrogens with two attached hydrogens (primary N) is 1. The third kappa shape index (κ3) is 6.12. The van der Waals surface area contributed by atoms with Gasteiger partial charge in [-0.25, -0.2) is 4.39 Å². The van der Waals surface area contributed by atoms with Crippen molar-refractivity contribution in [2.75, 3.05) is 13.1 Å². The number of carboxylic acids is 1. The van der Waals surface area contributed by atoms with Crippen LogP contribution in [0.2, 0.25) is 0 Å². The van der Waals surface area contributed by atoms with Crippen molar-refractivity contribution >= 4 is 5.97 Å². The number of hydrogen-bond donors (Lipinski definition) is 2. The van der Waals surface area contributed by atoms with Gasteiger partial charge >= 0.3 is 0 Å². The number of benzene rings is 1. The molecule has 1 aromatic carbocycles. The highest BCUT2D eigenvalue weighted by molar-refractivity contribution is 5.62. The Bertz CT molecular complexity index is 405. The van der Waals surface area contributed by atoms with Crippen LogP contribution in [-0.2, 0) is 11.3 Å². The second-order valence-corrected chi connectivity index (χ2v) is 4.99. The molecule has 1 atom stereocenters. The molecule has 0 aliphatic carbocycles. The number of nitrogens with zero attached hydrogens (tertiary/aromatic N) is 1. The van der Waals surface area contributed by atoms with Gasteiger partial charge in [-0.05, 0) is 50.0 Å². The molecule has 0 spiro atoms. The zero-order valence-corrected chi connectivity index (χ0v) is 11.9. The van der Waals surface area contributed by atoms with E-state index in [9.17, 15) is 4.39 Å². The summed E-state index contributed by atoms with van der Waals surface area (Å²) in [4.78, 5) is 11.5. The van der Waals surface area contributed by atoms with E-state index in [0.717, 1.165) is 33.0 Å². The Labute approximate surface area is 119 Å². The summed E-state index contributed by atoms with van der Waals surface area (Å²) in [7, 11) is 0. The average Bonchev–Trinajstić information content (AvgIpc) is 2.80. The molecule has 1 aliphatic rings. The summed E-state index contributed by atoms with van der Waals surface area (Å²) in [5.41, 5.74) is 6.79. The second kappa shape index (κ2) is 8.66. The summed E-state index contributed by atoms with van der Waals surface area (Å²) >= 11 is 0. The van der Waals surface area contributed by atoms with Crippen LogP contribution < -0.4 is 5.73 Å². The largest absolute Gasteiger partial charge is 0.481 e. The SMILES string of the molecule is CC(=O)O.NCC[C@H]1CCCN1Cc1ccc(F)cc1. The molecule has 1 aromatic rings. The molecule has 5 heteroatoms. The first-order chi connectivity index (χ1) is 9.52. The summed E-state index contributed by atoms with van der Waals surface area (Å²) in [6, 6.07) is 7.42. The van der Waals surface area contributed by atoms with Crippen molar-refractivity contribution in [1.82, 2.24) is 4.90 Å². The molecule has 4 nitrogen and oxygen atoms in total. The highest BCUT2D eigenvalue weighted by atomic mass is 19.1. The number of carboxylic acid groups (broad SMARTS) is 1. The number of halogens is 1. The Hall–Kier alpha value is -1.46. The molecule has 0 bridgehead atoms. The Morgan fingerprint density at radius 3 is 2.60 bits per heavy atom. The molecule has 0 saturated carbocycles. The van der Waals surface area contributed by atoms with E-state index >= 15 is 0 Å². The van der Waals surface area contributed by atoms with E-state index in [1.807, 2.05) is 12.1 Å². The Morgan fingerprint density at radius 1 is 1.45 bits per heavy atom. The van der Waals surface area contributed by atoms with E-state index in [0.29, 0.717) is 6.04 Å². The number of hydrogen-bond acceptors (Lipinski definition) is 3. The van der Waals surface area contributed by atoms with Crippen LogP contribution in [-0.4, -0.2) is 35.1 Å². The lowest BCUT2D eigenvalue weighted by Gasteiger charge is -2.24. The second-order valence-electron chi connectivity index (χ2n) is 4.99. The van der Waals surface area contributed by atoms with E-state index < -0.39 is 5.97 Å². The van der Waals surface area contributed by atoms with E-state index in [4.69, 9.17) is 15.6 Å². The third-order valence-corrected chi connectivity index (χ3v) is 3.30. The fourth-order valence-corrected chi connectivity index (χ4v) is 2.45. The summed E-state index contributed by atoms with van der Waals surface area (Å²) in [5.74, 6) is -0.997. The standard InChI is InChI=1S/C13H19FN2.C2H4O2/c14-12-5-3-11(4-6-12)10-16-9-1-2-13(16)7-8-15;1-2(3)4/h3-6,13H,1-2,7-10,15H2;1H3,(H,3,4)/t13-;/m1./s1. The molecule has 0 amide bonds. The van der Waals surface area contributed by atoms with E-state index in [1.54, 1.807) is 0 Å². The maximum atomic E-state index is 12.8. The molecular formula is C15H23FN2O2. The minimum Gasteiger partial charge on any atom is -0.481 e. The van der Waals surface area contributed by atoms with Gasteiger partial charge in [0.2, 0.25) is 0 Å². The van der Waals surface area contributed by atoms with Crippen LogP contribution in [0.4, 0.5) is 4.39 Å². The molecule has 1 aliphatic heterocycles. The van der Waals surface area contributed by atoms with Gasteiger partial charge in [0.25, 0.3) is 5.97 Å². The molecule has 1 fully saturated rings. The molecule has 2 rings (SSSR count). The Kier molecular flexibility index (Phi) is 7.18. The normalized spacial score (nSPS) is 18.4. The minimum atomic E-state index is -0.833. The van der Waals surface area contributed by atoms with Gasteiger partial charge in [-0.15, -0.1) is 0 Å². The first-order valence-corrected chi connectivity index (χ1v) is 6.91. The van der Waals surface area contributed by atoms with Gasteiger partial charge in [0.15, 0.2) is 0 Å². The van der Waals surface area contributed by atoms with Crippen LogP contribution in [0.25, 0.3) is 0 Å². The molecule has 20 heavy (non-hydrogen) atoms. The van der Waals surface area contributed by atoms with Crippen LogP contribution in [0.3, 0.4) is 0 Å². The van der Waals surface area contributed by atoms with E-state index in [2.05, 4.69) is 4.90 Å². The molecule has 1 heterocycles. The minimum absolute atomic E-state index is 0.163. The molecule has 0 radical (unpaired) electrons. The van der Waals surface area contributed by atoms with Gasteiger partial charge in [0, 0.05) is 19.5 Å². The average molecular weight is 282 g/mol. The van der Waals surface area contributed by atoms with Gasteiger partial charge in [-0.1, -0.05) is 12.1 Å². The van der Waals surface area contributed by atoms with Crippen molar-refractivity contribution < 1.29 is 14.3 Å². The molecule has 1 saturated heterocycles.